The van der Waals surface area contributed by atoms with E-state index in [1.165, 1.54) is 11.1 Å². The van der Waals surface area contributed by atoms with E-state index in [1.54, 1.807) is 0 Å². The lowest BCUT2D eigenvalue weighted by molar-refractivity contribution is 0.796. The van der Waals surface area contributed by atoms with E-state index in [1.807, 2.05) is 36.7 Å². The molecule has 2 rings (SSSR count). The van der Waals surface area contributed by atoms with Gasteiger partial charge in [0, 0.05) is 30.5 Å². The summed E-state index contributed by atoms with van der Waals surface area (Å²) in [5.74, 6) is 0.819. The lowest BCUT2D eigenvalue weighted by Crippen LogP contribution is -2.38. The third kappa shape index (κ3) is 5.91. The van der Waals surface area contributed by atoms with Gasteiger partial charge in [-0.25, -0.2) is 4.99 Å². The number of hydrogen-bond acceptors (Lipinski definition) is 2. The van der Waals surface area contributed by atoms with Crippen LogP contribution >= 0.6 is 11.6 Å². The lowest BCUT2D eigenvalue weighted by Gasteiger charge is -2.12. The second kappa shape index (κ2) is 9.16. The number of aromatic nitrogens is 1. The summed E-state index contributed by atoms with van der Waals surface area (Å²) >= 11 is 6.00. The van der Waals surface area contributed by atoms with Crippen molar-refractivity contribution in [2.24, 2.45) is 4.99 Å². The van der Waals surface area contributed by atoms with Crippen molar-refractivity contribution < 1.29 is 0 Å². The second-order valence-corrected chi connectivity index (χ2v) is 5.74. The van der Waals surface area contributed by atoms with E-state index in [-0.39, 0.29) is 0 Å². The van der Waals surface area contributed by atoms with Crippen LogP contribution < -0.4 is 10.6 Å². The zero-order valence-electron chi connectivity index (χ0n) is 13.6. The van der Waals surface area contributed by atoms with E-state index in [0.29, 0.717) is 6.54 Å². The van der Waals surface area contributed by atoms with E-state index >= 15 is 0 Å². The second-order valence-electron chi connectivity index (χ2n) is 5.30. The molecule has 0 unspecified atom stereocenters. The highest BCUT2D eigenvalue weighted by molar-refractivity contribution is 6.30. The van der Waals surface area contributed by atoms with Gasteiger partial charge in [-0.3, -0.25) is 4.98 Å². The fourth-order valence-electron chi connectivity index (χ4n) is 2.25. The lowest BCUT2D eigenvalue weighted by atomic mass is 10.1. The summed E-state index contributed by atoms with van der Waals surface area (Å²) in [7, 11) is 0. The molecule has 0 amide bonds. The number of aliphatic imine (C=N–C) groups is 1. The molecular formula is C18H23ClN4. The minimum Gasteiger partial charge on any atom is -0.357 e. The smallest absolute Gasteiger partial charge is 0.191 e. The summed E-state index contributed by atoms with van der Waals surface area (Å²) in [6.07, 6.45) is 4.67. The molecule has 1 aromatic carbocycles. The molecule has 0 spiro atoms. The van der Waals surface area contributed by atoms with Crippen molar-refractivity contribution in [1.82, 2.24) is 15.6 Å². The first-order valence-corrected chi connectivity index (χ1v) is 8.23. The van der Waals surface area contributed by atoms with Crippen LogP contribution in [0, 0.1) is 6.92 Å². The largest absolute Gasteiger partial charge is 0.357 e. The Morgan fingerprint density at radius 2 is 2.13 bits per heavy atom. The van der Waals surface area contributed by atoms with Gasteiger partial charge in [0.2, 0.25) is 0 Å². The summed E-state index contributed by atoms with van der Waals surface area (Å²) in [5.41, 5.74) is 3.62. The number of rotatable bonds is 6. The molecule has 0 saturated carbocycles. The molecule has 0 aliphatic rings. The molecule has 23 heavy (non-hydrogen) atoms. The predicted molar refractivity (Wildman–Crippen MR) is 96.9 cm³/mol. The molecular weight excluding hydrogens is 308 g/mol. The molecule has 0 fully saturated rings. The van der Waals surface area contributed by atoms with Gasteiger partial charge >= 0.3 is 0 Å². The number of hydrogen-bond donors (Lipinski definition) is 2. The Hall–Kier alpha value is -2.07. The van der Waals surface area contributed by atoms with Crippen LogP contribution in [0.3, 0.4) is 0 Å². The van der Waals surface area contributed by atoms with Crippen LogP contribution in [-0.4, -0.2) is 24.0 Å². The average molecular weight is 331 g/mol. The number of halogens is 1. The zero-order chi connectivity index (χ0) is 16.5. The minimum atomic E-state index is 0.601. The van der Waals surface area contributed by atoms with Gasteiger partial charge in [-0.15, -0.1) is 0 Å². The molecule has 4 nitrogen and oxygen atoms in total. The number of benzene rings is 1. The molecule has 0 radical (unpaired) electrons. The Kier molecular flexibility index (Phi) is 6.88. The quantitative estimate of drug-likeness (QED) is 0.631. The Bertz CT molecular complexity index is 655. The van der Waals surface area contributed by atoms with Gasteiger partial charge in [0.1, 0.15) is 0 Å². The Morgan fingerprint density at radius 1 is 1.26 bits per heavy atom. The summed E-state index contributed by atoms with van der Waals surface area (Å²) < 4.78 is 0. The zero-order valence-corrected chi connectivity index (χ0v) is 14.4. The highest BCUT2D eigenvalue weighted by atomic mass is 35.5. The number of aryl methyl sites for hydroxylation is 1. The van der Waals surface area contributed by atoms with Crippen LogP contribution in [0.5, 0.6) is 0 Å². The van der Waals surface area contributed by atoms with Gasteiger partial charge in [0.05, 0.1) is 6.54 Å². The normalized spacial score (nSPS) is 11.3. The molecule has 122 valence electrons. The maximum Gasteiger partial charge on any atom is 0.191 e. The van der Waals surface area contributed by atoms with Crippen molar-refractivity contribution in [3.63, 3.8) is 0 Å². The topological polar surface area (TPSA) is 49.3 Å². The van der Waals surface area contributed by atoms with Crippen molar-refractivity contribution in [2.45, 2.75) is 26.8 Å². The summed E-state index contributed by atoms with van der Waals surface area (Å²) in [6.45, 7) is 6.40. The van der Waals surface area contributed by atoms with Crippen molar-refractivity contribution >= 4 is 17.6 Å². The third-order valence-electron chi connectivity index (χ3n) is 3.48. The van der Waals surface area contributed by atoms with E-state index in [4.69, 9.17) is 11.6 Å². The Labute approximate surface area is 143 Å². The molecule has 5 heteroatoms. The van der Waals surface area contributed by atoms with Gasteiger partial charge in [-0.2, -0.15) is 0 Å². The van der Waals surface area contributed by atoms with E-state index < -0.39 is 0 Å². The Balaban J connectivity index is 1.90. The number of nitrogens with one attached hydrogen (secondary N) is 2. The highest BCUT2D eigenvalue weighted by Gasteiger charge is 2.01. The summed E-state index contributed by atoms with van der Waals surface area (Å²) in [4.78, 5) is 8.72. The first kappa shape index (κ1) is 17.3. The molecule has 2 N–H and O–H groups in total. The maximum absolute atomic E-state index is 6.00. The van der Waals surface area contributed by atoms with E-state index in [9.17, 15) is 0 Å². The van der Waals surface area contributed by atoms with Crippen molar-refractivity contribution in [1.29, 1.82) is 0 Å². The molecule has 1 aromatic heterocycles. The fourth-order valence-corrected chi connectivity index (χ4v) is 2.46. The maximum atomic E-state index is 6.00. The van der Waals surface area contributed by atoms with Crippen LogP contribution in [0.1, 0.15) is 23.6 Å². The monoisotopic (exact) mass is 330 g/mol. The first-order chi connectivity index (χ1) is 11.2. The third-order valence-corrected chi connectivity index (χ3v) is 3.71. The standard InChI is InChI=1S/C18H23ClN4/c1-3-21-18(23-13-15-5-4-6-17(19)11-15)22-10-8-16-7-9-20-12-14(16)2/h4-7,9,11-12H,3,8,10,13H2,1-2H3,(H2,21,22,23). The molecule has 1 heterocycles. The molecule has 0 saturated heterocycles. The first-order valence-electron chi connectivity index (χ1n) is 7.85. The van der Waals surface area contributed by atoms with Crippen LogP contribution in [0.4, 0.5) is 0 Å². The van der Waals surface area contributed by atoms with Crippen LogP contribution in [-0.2, 0) is 13.0 Å². The number of nitrogens with zero attached hydrogens (tertiary/aromatic N) is 2. The fraction of sp³-hybridized carbons (Fsp3) is 0.333. The van der Waals surface area contributed by atoms with Gasteiger partial charge in [0.15, 0.2) is 5.96 Å². The van der Waals surface area contributed by atoms with Crippen molar-refractivity contribution in [3.8, 4) is 0 Å². The highest BCUT2D eigenvalue weighted by Crippen LogP contribution is 2.11. The van der Waals surface area contributed by atoms with Gasteiger partial charge < -0.3 is 10.6 Å². The molecule has 0 aliphatic heterocycles. The van der Waals surface area contributed by atoms with Gasteiger partial charge in [-0.1, -0.05) is 23.7 Å². The molecule has 0 aliphatic carbocycles. The molecule has 0 bridgehead atoms. The van der Waals surface area contributed by atoms with Gasteiger partial charge in [0.25, 0.3) is 0 Å². The molecule has 2 aromatic rings. The van der Waals surface area contributed by atoms with E-state index in [2.05, 4.69) is 40.5 Å². The Morgan fingerprint density at radius 3 is 2.87 bits per heavy atom. The van der Waals surface area contributed by atoms with E-state index in [0.717, 1.165) is 36.1 Å². The number of pyridine rings is 1. The van der Waals surface area contributed by atoms with Crippen LogP contribution in [0.2, 0.25) is 5.02 Å². The van der Waals surface area contributed by atoms with Crippen LogP contribution in [0.15, 0.2) is 47.7 Å². The SMILES string of the molecule is CCNC(=NCc1cccc(Cl)c1)NCCc1ccncc1C. The van der Waals surface area contributed by atoms with Crippen molar-refractivity contribution in [2.75, 3.05) is 13.1 Å². The minimum absolute atomic E-state index is 0.601. The predicted octanol–water partition coefficient (Wildman–Crippen LogP) is 3.34. The van der Waals surface area contributed by atoms with Crippen LogP contribution in [0.25, 0.3) is 0 Å². The summed E-state index contributed by atoms with van der Waals surface area (Å²) in [5, 5.41) is 7.37. The average Bonchev–Trinajstić information content (AvgIpc) is 2.54. The van der Waals surface area contributed by atoms with Gasteiger partial charge in [-0.05, 0) is 55.2 Å². The number of guanidine groups is 1. The molecule has 0 atom stereocenters. The van der Waals surface area contributed by atoms with Crippen molar-refractivity contribution in [3.05, 3.63) is 64.4 Å². The summed E-state index contributed by atoms with van der Waals surface area (Å²) in [6, 6.07) is 9.84.